The van der Waals surface area contributed by atoms with E-state index in [4.69, 9.17) is 4.74 Å². The number of amides is 1. The van der Waals surface area contributed by atoms with E-state index in [9.17, 15) is 9.59 Å². The Morgan fingerprint density at radius 2 is 1.93 bits per heavy atom. The van der Waals surface area contributed by atoms with E-state index in [0.717, 1.165) is 16.6 Å². The Kier molecular flexibility index (Phi) is 3.98. The summed E-state index contributed by atoms with van der Waals surface area (Å²) in [6.07, 6.45) is 3.27. The Labute approximate surface area is 168 Å². The van der Waals surface area contributed by atoms with Crippen molar-refractivity contribution in [1.82, 2.24) is 14.9 Å². The fraction of sp³-hybridized carbons (Fsp3) is 0.348. The molecule has 0 unspecified atom stereocenters. The van der Waals surface area contributed by atoms with Crippen LogP contribution in [0.4, 0.5) is 0 Å². The van der Waals surface area contributed by atoms with E-state index < -0.39 is 5.60 Å². The van der Waals surface area contributed by atoms with Crippen molar-refractivity contribution in [2.45, 2.75) is 38.7 Å². The minimum atomic E-state index is -0.513. The van der Waals surface area contributed by atoms with Gasteiger partial charge in [-0.05, 0) is 49.2 Å². The van der Waals surface area contributed by atoms with E-state index in [1.54, 1.807) is 6.33 Å². The van der Waals surface area contributed by atoms with Gasteiger partial charge in [-0.1, -0.05) is 6.07 Å². The number of carbonyl (C=O) groups is 2. The second kappa shape index (κ2) is 6.44. The number of hydrogen-bond acceptors (Lipinski definition) is 4. The molecular formula is C23H23N3O3. The van der Waals surface area contributed by atoms with E-state index in [-0.39, 0.29) is 11.7 Å². The molecule has 0 bridgehead atoms. The van der Waals surface area contributed by atoms with Gasteiger partial charge in [0, 0.05) is 25.9 Å². The van der Waals surface area contributed by atoms with Crippen molar-refractivity contribution in [3.05, 3.63) is 58.9 Å². The minimum absolute atomic E-state index is 0.0217. The molecule has 1 N–H and O–H groups in total. The van der Waals surface area contributed by atoms with Crippen LogP contribution in [-0.2, 0) is 0 Å². The molecule has 2 aromatic carbocycles. The number of benzene rings is 2. The molecule has 3 heterocycles. The summed E-state index contributed by atoms with van der Waals surface area (Å²) in [5.41, 5.74) is 4.55. The van der Waals surface area contributed by atoms with E-state index in [0.29, 0.717) is 54.7 Å². The molecule has 1 aromatic heterocycles. The van der Waals surface area contributed by atoms with Gasteiger partial charge in [0.2, 0.25) is 0 Å². The van der Waals surface area contributed by atoms with Crippen LogP contribution in [-0.4, -0.2) is 45.2 Å². The van der Waals surface area contributed by atoms with E-state index in [1.807, 2.05) is 49.1 Å². The summed E-state index contributed by atoms with van der Waals surface area (Å²) in [6, 6.07) is 9.50. The predicted octanol–water partition coefficient (Wildman–Crippen LogP) is 3.82. The molecule has 3 aromatic rings. The highest BCUT2D eigenvalue weighted by Gasteiger charge is 2.44. The van der Waals surface area contributed by atoms with Crippen molar-refractivity contribution >= 4 is 22.7 Å². The first-order valence-corrected chi connectivity index (χ1v) is 10.0. The topological polar surface area (TPSA) is 75.3 Å². The van der Waals surface area contributed by atoms with Gasteiger partial charge in [-0.25, -0.2) is 4.98 Å². The Morgan fingerprint density at radius 3 is 2.72 bits per heavy atom. The Morgan fingerprint density at radius 1 is 1.17 bits per heavy atom. The SMILES string of the molecule is Cc1cc2c(cc1C)C(=O)CC1(CCN(C(=O)c3cccc4[nH]cnc34)CC1)O2. The van der Waals surface area contributed by atoms with Gasteiger partial charge in [-0.2, -0.15) is 0 Å². The molecule has 1 spiro atoms. The molecule has 2 aliphatic rings. The maximum Gasteiger partial charge on any atom is 0.256 e. The lowest BCUT2D eigenvalue weighted by Gasteiger charge is -2.44. The third-order valence-electron chi connectivity index (χ3n) is 6.35. The fourth-order valence-corrected chi connectivity index (χ4v) is 4.45. The molecule has 0 saturated carbocycles. The van der Waals surface area contributed by atoms with Crippen molar-refractivity contribution in [1.29, 1.82) is 0 Å². The molecule has 0 radical (unpaired) electrons. The van der Waals surface area contributed by atoms with Gasteiger partial charge < -0.3 is 14.6 Å². The number of likely N-dealkylation sites (tertiary alicyclic amines) is 1. The lowest BCUT2D eigenvalue weighted by Crippen LogP contribution is -2.52. The standard InChI is InChI=1S/C23H23N3O3/c1-14-10-17-19(27)12-23(29-20(17)11-15(14)2)6-8-26(9-7-23)22(28)16-4-3-5-18-21(16)25-13-24-18/h3-5,10-11,13H,6-9,12H2,1-2H3,(H,24,25). The number of aromatic nitrogens is 2. The number of imidazole rings is 1. The van der Waals surface area contributed by atoms with Crippen molar-refractivity contribution in [3.8, 4) is 5.75 Å². The van der Waals surface area contributed by atoms with Crippen molar-refractivity contribution < 1.29 is 14.3 Å². The van der Waals surface area contributed by atoms with Crippen molar-refractivity contribution in [2.24, 2.45) is 0 Å². The largest absolute Gasteiger partial charge is 0.486 e. The predicted molar refractivity (Wildman–Crippen MR) is 109 cm³/mol. The first kappa shape index (κ1) is 17.9. The van der Waals surface area contributed by atoms with Gasteiger partial charge >= 0.3 is 0 Å². The molecule has 1 amide bonds. The Balaban J connectivity index is 1.36. The number of ether oxygens (including phenoxy) is 1. The monoisotopic (exact) mass is 389 g/mol. The molecule has 5 rings (SSSR count). The number of rotatable bonds is 1. The number of piperidine rings is 1. The normalized spacial score (nSPS) is 18.0. The number of hydrogen-bond donors (Lipinski definition) is 1. The molecule has 0 atom stereocenters. The summed E-state index contributed by atoms with van der Waals surface area (Å²) in [4.78, 5) is 35.1. The molecule has 1 saturated heterocycles. The molecule has 148 valence electrons. The number of ketones is 1. The highest BCUT2D eigenvalue weighted by molar-refractivity contribution is 6.05. The molecule has 0 aliphatic carbocycles. The molecule has 29 heavy (non-hydrogen) atoms. The molecular weight excluding hydrogens is 366 g/mol. The van der Waals surface area contributed by atoms with Crippen LogP contribution in [0.15, 0.2) is 36.7 Å². The number of aromatic amines is 1. The van der Waals surface area contributed by atoms with Crippen LogP contribution in [0.1, 0.15) is 51.1 Å². The number of carbonyl (C=O) groups excluding carboxylic acids is 2. The number of nitrogens with one attached hydrogen (secondary N) is 1. The second-order valence-corrected chi connectivity index (χ2v) is 8.21. The summed E-state index contributed by atoms with van der Waals surface area (Å²) < 4.78 is 6.38. The molecule has 1 fully saturated rings. The molecule has 6 nitrogen and oxygen atoms in total. The number of fused-ring (bicyclic) bond motifs is 2. The third-order valence-corrected chi connectivity index (χ3v) is 6.35. The number of aryl methyl sites for hydroxylation is 2. The van der Waals surface area contributed by atoms with Gasteiger partial charge in [0.1, 0.15) is 16.9 Å². The minimum Gasteiger partial charge on any atom is -0.486 e. The average molecular weight is 389 g/mol. The Hall–Kier alpha value is -3.15. The van der Waals surface area contributed by atoms with Gasteiger partial charge in [0.05, 0.1) is 29.4 Å². The number of para-hydroxylation sites is 1. The van der Waals surface area contributed by atoms with E-state index in [1.165, 1.54) is 0 Å². The van der Waals surface area contributed by atoms with Crippen molar-refractivity contribution in [2.75, 3.05) is 13.1 Å². The zero-order valence-corrected chi connectivity index (χ0v) is 16.6. The highest BCUT2D eigenvalue weighted by atomic mass is 16.5. The van der Waals surface area contributed by atoms with Crippen LogP contribution < -0.4 is 4.74 Å². The maximum absolute atomic E-state index is 13.1. The molecule has 6 heteroatoms. The third kappa shape index (κ3) is 2.90. The van der Waals surface area contributed by atoms with Crippen LogP contribution in [0.2, 0.25) is 0 Å². The zero-order valence-electron chi connectivity index (χ0n) is 16.6. The number of H-pyrrole nitrogens is 1. The first-order chi connectivity index (χ1) is 14.0. The highest BCUT2D eigenvalue weighted by Crippen LogP contribution is 2.40. The number of Topliss-reactive ketones (excluding diaryl/α,β-unsaturated/α-hetero) is 1. The van der Waals surface area contributed by atoms with Gasteiger partial charge in [0.25, 0.3) is 5.91 Å². The van der Waals surface area contributed by atoms with E-state index >= 15 is 0 Å². The summed E-state index contributed by atoms with van der Waals surface area (Å²) >= 11 is 0. The number of nitrogens with zero attached hydrogens (tertiary/aromatic N) is 2. The van der Waals surface area contributed by atoms with Crippen molar-refractivity contribution in [3.63, 3.8) is 0 Å². The van der Waals surface area contributed by atoms with Crippen LogP contribution in [0, 0.1) is 13.8 Å². The average Bonchev–Trinajstić information content (AvgIpc) is 3.19. The van der Waals surface area contributed by atoms with Crippen LogP contribution >= 0.6 is 0 Å². The Bertz CT molecular complexity index is 1140. The summed E-state index contributed by atoms with van der Waals surface area (Å²) in [5.74, 6) is 0.799. The van der Waals surface area contributed by atoms with Gasteiger partial charge in [0.15, 0.2) is 5.78 Å². The van der Waals surface area contributed by atoms with Crippen LogP contribution in [0.3, 0.4) is 0 Å². The van der Waals surface area contributed by atoms with E-state index in [2.05, 4.69) is 9.97 Å². The van der Waals surface area contributed by atoms with Crippen LogP contribution in [0.5, 0.6) is 5.75 Å². The molecule has 2 aliphatic heterocycles. The van der Waals surface area contributed by atoms with Crippen LogP contribution in [0.25, 0.3) is 11.0 Å². The first-order valence-electron chi connectivity index (χ1n) is 10.0. The van der Waals surface area contributed by atoms with Gasteiger partial charge in [-0.3, -0.25) is 9.59 Å². The lowest BCUT2D eigenvalue weighted by molar-refractivity contribution is -0.00570. The maximum atomic E-state index is 13.1. The summed E-state index contributed by atoms with van der Waals surface area (Å²) in [6.45, 7) is 5.17. The quantitative estimate of drug-likeness (QED) is 0.687. The summed E-state index contributed by atoms with van der Waals surface area (Å²) in [5, 5.41) is 0. The lowest BCUT2D eigenvalue weighted by atomic mass is 9.81. The summed E-state index contributed by atoms with van der Waals surface area (Å²) in [7, 11) is 0. The second-order valence-electron chi connectivity index (χ2n) is 8.21. The fourth-order valence-electron chi connectivity index (χ4n) is 4.45. The zero-order chi connectivity index (χ0) is 20.2. The smallest absolute Gasteiger partial charge is 0.256 e. The van der Waals surface area contributed by atoms with Gasteiger partial charge in [-0.15, -0.1) is 0 Å².